The van der Waals surface area contributed by atoms with Crippen LogP contribution in [0.4, 0.5) is 0 Å². The topological polar surface area (TPSA) is 27.2 Å². The molecular formula is C18H20BrN4S+. The minimum atomic E-state index is 0.732. The second-order valence-corrected chi connectivity index (χ2v) is 7.23. The SMILES string of the molecule is Cn1c(-c2cccc(Br)c2)nn(C[NH+](C)Cc2ccccc2)c1=S. The molecule has 1 unspecified atom stereocenters. The molecule has 6 heteroatoms. The van der Waals surface area contributed by atoms with Crippen molar-refractivity contribution in [2.24, 2.45) is 7.05 Å². The van der Waals surface area contributed by atoms with Gasteiger partial charge in [0.05, 0.1) is 7.05 Å². The second-order valence-electron chi connectivity index (χ2n) is 5.95. The molecule has 0 saturated carbocycles. The van der Waals surface area contributed by atoms with E-state index in [1.54, 1.807) is 0 Å². The van der Waals surface area contributed by atoms with Gasteiger partial charge < -0.3 is 9.47 Å². The summed E-state index contributed by atoms with van der Waals surface area (Å²) in [6.07, 6.45) is 0. The molecule has 1 N–H and O–H groups in total. The fourth-order valence-corrected chi connectivity index (χ4v) is 3.32. The van der Waals surface area contributed by atoms with Gasteiger partial charge in [0.1, 0.15) is 6.54 Å². The van der Waals surface area contributed by atoms with Crippen LogP contribution < -0.4 is 4.90 Å². The maximum Gasteiger partial charge on any atom is 0.202 e. The zero-order chi connectivity index (χ0) is 17.1. The van der Waals surface area contributed by atoms with Crippen LogP contribution in [0, 0.1) is 4.77 Å². The molecule has 1 heterocycles. The van der Waals surface area contributed by atoms with E-state index in [1.165, 1.54) is 10.5 Å². The highest BCUT2D eigenvalue weighted by Gasteiger charge is 2.13. The Labute approximate surface area is 155 Å². The molecule has 0 bridgehead atoms. The summed E-state index contributed by atoms with van der Waals surface area (Å²) in [4.78, 5) is 1.33. The van der Waals surface area contributed by atoms with E-state index in [9.17, 15) is 0 Å². The number of hydrogen-bond donors (Lipinski definition) is 1. The number of aromatic nitrogens is 3. The average Bonchev–Trinajstić information content (AvgIpc) is 2.84. The van der Waals surface area contributed by atoms with Gasteiger partial charge in [-0.05, 0) is 24.4 Å². The largest absolute Gasteiger partial charge is 0.315 e. The minimum Gasteiger partial charge on any atom is -0.315 e. The minimum absolute atomic E-state index is 0.732. The van der Waals surface area contributed by atoms with Crippen LogP contribution >= 0.6 is 28.1 Å². The Hall–Kier alpha value is -1.76. The normalized spacial score (nSPS) is 12.3. The summed E-state index contributed by atoms with van der Waals surface area (Å²) in [5.74, 6) is 0.883. The van der Waals surface area contributed by atoms with Crippen LogP contribution in [0.25, 0.3) is 11.4 Å². The fourth-order valence-electron chi connectivity index (χ4n) is 2.73. The maximum atomic E-state index is 5.57. The molecule has 0 fully saturated rings. The van der Waals surface area contributed by atoms with Gasteiger partial charge in [-0.3, -0.25) is 0 Å². The highest BCUT2D eigenvalue weighted by atomic mass is 79.9. The number of nitrogens with zero attached hydrogens (tertiary/aromatic N) is 3. The number of quaternary nitrogens is 1. The zero-order valence-corrected chi connectivity index (χ0v) is 16.1. The third-order valence-corrected chi connectivity index (χ3v) is 4.87. The number of benzene rings is 2. The predicted octanol–water partition coefficient (Wildman–Crippen LogP) is 3.05. The van der Waals surface area contributed by atoms with Crippen LogP contribution in [0.1, 0.15) is 5.56 Å². The zero-order valence-electron chi connectivity index (χ0n) is 13.7. The van der Waals surface area contributed by atoms with Crippen molar-refractivity contribution >= 4 is 28.1 Å². The van der Waals surface area contributed by atoms with Gasteiger partial charge in [-0.15, -0.1) is 5.10 Å². The first-order chi connectivity index (χ1) is 11.5. The molecule has 0 aliphatic heterocycles. The smallest absolute Gasteiger partial charge is 0.202 e. The first-order valence-electron chi connectivity index (χ1n) is 7.79. The van der Waals surface area contributed by atoms with E-state index in [1.807, 2.05) is 40.6 Å². The van der Waals surface area contributed by atoms with Crippen molar-refractivity contribution in [1.29, 1.82) is 0 Å². The first-order valence-corrected chi connectivity index (χ1v) is 8.99. The molecule has 3 aromatic rings. The van der Waals surface area contributed by atoms with Crippen molar-refractivity contribution < 1.29 is 4.90 Å². The molecule has 4 nitrogen and oxygen atoms in total. The molecule has 0 radical (unpaired) electrons. The molecule has 124 valence electrons. The van der Waals surface area contributed by atoms with Gasteiger partial charge in [-0.1, -0.05) is 58.4 Å². The predicted molar refractivity (Wildman–Crippen MR) is 102 cm³/mol. The third-order valence-electron chi connectivity index (χ3n) is 3.89. The Balaban J connectivity index is 1.82. The third kappa shape index (κ3) is 3.83. The highest BCUT2D eigenvalue weighted by molar-refractivity contribution is 9.10. The number of hydrogen-bond acceptors (Lipinski definition) is 2. The van der Waals surface area contributed by atoms with Crippen LogP contribution in [0.3, 0.4) is 0 Å². The monoisotopic (exact) mass is 403 g/mol. The van der Waals surface area contributed by atoms with E-state index in [-0.39, 0.29) is 0 Å². The fraction of sp³-hybridized carbons (Fsp3) is 0.222. The summed E-state index contributed by atoms with van der Waals surface area (Å²) in [7, 11) is 4.12. The standard InChI is InChI=1S/C18H19BrN4S/c1-21(12-14-7-4-3-5-8-14)13-23-18(24)22(2)17(20-23)15-9-6-10-16(19)11-15/h3-11H,12-13H2,1-2H3/p+1. The van der Waals surface area contributed by atoms with Crippen molar-refractivity contribution in [3.05, 3.63) is 69.4 Å². The van der Waals surface area contributed by atoms with E-state index in [4.69, 9.17) is 17.3 Å². The van der Waals surface area contributed by atoms with Crippen LogP contribution in [0.15, 0.2) is 59.1 Å². The lowest BCUT2D eigenvalue weighted by atomic mass is 10.2. The van der Waals surface area contributed by atoms with E-state index < -0.39 is 0 Å². The van der Waals surface area contributed by atoms with Crippen LogP contribution in [0.5, 0.6) is 0 Å². The summed E-state index contributed by atoms with van der Waals surface area (Å²) in [6.45, 7) is 1.67. The molecule has 1 atom stereocenters. The van der Waals surface area contributed by atoms with Gasteiger partial charge in [-0.2, -0.15) is 4.68 Å². The molecule has 2 aromatic carbocycles. The number of rotatable bonds is 5. The van der Waals surface area contributed by atoms with E-state index in [0.717, 1.165) is 33.8 Å². The highest BCUT2D eigenvalue weighted by Crippen LogP contribution is 2.21. The second kappa shape index (κ2) is 7.42. The maximum absolute atomic E-state index is 5.57. The number of nitrogens with one attached hydrogen (secondary N) is 1. The van der Waals surface area contributed by atoms with Crippen molar-refractivity contribution in [2.45, 2.75) is 13.2 Å². The van der Waals surface area contributed by atoms with Crippen LogP contribution in [-0.4, -0.2) is 21.4 Å². The van der Waals surface area contributed by atoms with E-state index in [0.29, 0.717) is 0 Å². The molecule has 0 saturated heterocycles. The molecule has 1 aromatic heterocycles. The summed E-state index contributed by atoms with van der Waals surface area (Å²) >= 11 is 9.08. The Morgan fingerprint density at radius 3 is 2.58 bits per heavy atom. The summed E-state index contributed by atoms with van der Waals surface area (Å²) in [5.41, 5.74) is 2.36. The van der Waals surface area contributed by atoms with Crippen molar-refractivity contribution in [1.82, 2.24) is 14.3 Å². The van der Waals surface area contributed by atoms with Gasteiger partial charge in [0.15, 0.2) is 12.5 Å². The van der Waals surface area contributed by atoms with E-state index >= 15 is 0 Å². The Morgan fingerprint density at radius 1 is 1.12 bits per heavy atom. The Kier molecular flexibility index (Phi) is 5.28. The lowest BCUT2D eigenvalue weighted by Gasteiger charge is -2.13. The molecular weight excluding hydrogens is 384 g/mol. The van der Waals surface area contributed by atoms with Gasteiger partial charge in [-0.25, -0.2) is 0 Å². The lowest BCUT2D eigenvalue weighted by molar-refractivity contribution is -0.917. The van der Waals surface area contributed by atoms with Gasteiger partial charge in [0, 0.05) is 22.6 Å². The molecule has 0 aliphatic carbocycles. The van der Waals surface area contributed by atoms with Gasteiger partial charge in [0.2, 0.25) is 4.77 Å². The van der Waals surface area contributed by atoms with Crippen LogP contribution in [-0.2, 0) is 20.3 Å². The Bertz CT molecular complexity index is 886. The molecule has 0 aliphatic rings. The lowest BCUT2D eigenvalue weighted by Crippen LogP contribution is -3.07. The van der Waals surface area contributed by atoms with Crippen LogP contribution in [0.2, 0.25) is 0 Å². The molecule has 0 spiro atoms. The van der Waals surface area contributed by atoms with Crippen molar-refractivity contribution in [2.75, 3.05) is 7.05 Å². The summed E-state index contributed by atoms with van der Waals surface area (Å²) < 4.78 is 5.64. The van der Waals surface area contributed by atoms with Crippen molar-refractivity contribution in [3.63, 3.8) is 0 Å². The summed E-state index contributed by atoms with van der Waals surface area (Å²) in [6, 6.07) is 18.6. The number of halogens is 1. The van der Waals surface area contributed by atoms with Gasteiger partial charge in [0.25, 0.3) is 0 Å². The molecule has 0 amide bonds. The average molecular weight is 404 g/mol. The van der Waals surface area contributed by atoms with E-state index in [2.05, 4.69) is 53.3 Å². The quantitative estimate of drug-likeness (QED) is 0.662. The molecule has 3 rings (SSSR count). The van der Waals surface area contributed by atoms with Gasteiger partial charge >= 0.3 is 0 Å². The molecule has 24 heavy (non-hydrogen) atoms. The summed E-state index contributed by atoms with van der Waals surface area (Å²) in [5, 5.41) is 4.74. The Morgan fingerprint density at radius 2 is 1.88 bits per heavy atom. The van der Waals surface area contributed by atoms with Crippen molar-refractivity contribution in [3.8, 4) is 11.4 Å². The first kappa shape index (κ1) is 17.1.